The summed E-state index contributed by atoms with van der Waals surface area (Å²) < 4.78 is 12.1. The van der Waals surface area contributed by atoms with Crippen molar-refractivity contribution in [3.05, 3.63) is 60.2 Å². The molecular formula is C21H23N3O3S. The van der Waals surface area contributed by atoms with E-state index in [2.05, 4.69) is 26.9 Å². The lowest BCUT2D eigenvalue weighted by atomic mass is 10.1. The second kappa shape index (κ2) is 9.41. The summed E-state index contributed by atoms with van der Waals surface area (Å²) in [6.07, 6.45) is 0.836. The van der Waals surface area contributed by atoms with E-state index in [1.807, 2.05) is 42.5 Å². The van der Waals surface area contributed by atoms with E-state index in [4.69, 9.17) is 9.47 Å². The first-order valence-electron chi connectivity index (χ1n) is 8.98. The van der Waals surface area contributed by atoms with Gasteiger partial charge in [-0.2, -0.15) is 0 Å². The van der Waals surface area contributed by atoms with E-state index < -0.39 is 0 Å². The maximum Gasteiger partial charge on any atom is 0.318 e. The minimum atomic E-state index is -0.367. The summed E-state index contributed by atoms with van der Waals surface area (Å²) in [6.45, 7) is 2.51. The van der Waals surface area contributed by atoms with Crippen molar-refractivity contribution >= 4 is 17.7 Å². The summed E-state index contributed by atoms with van der Waals surface area (Å²) in [5.41, 5.74) is 2.17. The monoisotopic (exact) mass is 397 g/mol. The molecule has 0 fully saturated rings. The Bertz CT molecular complexity index is 910. The van der Waals surface area contributed by atoms with Crippen LogP contribution in [0.1, 0.15) is 12.5 Å². The number of thioether (sulfide) groups is 1. The van der Waals surface area contributed by atoms with Crippen LogP contribution in [0.2, 0.25) is 0 Å². The number of benzene rings is 2. The van der Waals surface area contributed by atoms with Crippen molar-refractivity contribution in [1.29, 1.82) is 0 Å². The van der Waals surface area contributed by atoms with E-state index in [-0.39, 0.29) is 11.2 Å². The van der Waals surface area contributed by atoms with Crippen molar-refractivity contribution in [1.82, 2.24) is 14.8 Å². The van der Waals surface area contributed by atoms with Gasteiger partial charge in [-0.25, -0.2) is 0 Å². The van der Waals surface area contributed by atoms with Crippen LogP contribution in [-0.2, 0) is 22.5 Å². The fourth-order valence-electron chi connectivity index (χ4n) is 2.79. The van der Waals surface area contributed by atoms with Crippen molar-refractivity contribution in [2.75, 3.05) is 14.2 Å². The quantitative estimate of drug-likeness (QED) is 0.425. The Balaban J connectivity index is 1.90. The van der Waals surface area contributed by atoms with Crippen LogP contribution >= 0.6 is 11.8 Å². The zero-order chi connectivity index (χ0) is 19.9. The van der Waals surface area contributed by atoms with Crippen LogP contribution in [0.25, 0.3) is 11.4 Å². The number of esters is 1. The molecule has 2 aromatic carbocycles. The number of carbonyl (C=O) groups is 1. The van der Waals surface area contributed by atoms with Gasteiger partial charge in [0.05, 0.1) is 14.2 Å². The molecule has 0 aliphatic carbocycles. The van der Waals surface area contributed by atoms with Crippen molar-refractivity contribution in [3.8, 4) is 17.1 Å². The van der Waals surface area contributed by atoms with Gasteiger partial charge in [0.1, 0.15) is 11.0 Å². The van der Waals surface area contributed by atoms with E-state index in [0.717, 1.165) is 23.6 Å². The second-order valence-electron chi connectivity index (χ2n) is 6.21. The van der Waals surface area contributed by atoms with E-state index in [1.54, 1.807) is 14.0 Å². The summed E-state index contributed by atoms with van der Waals surface area (Å²) >= 11 is 1.35. The Labute approximate surface area is 168 Å². The minimum Gasteiger partial charge on any atom is -0.497 e. The van der Waals surface area contributed by atoms with E-state index in [0.29, 0.717) is 11.7 Å². The molecule has 0 saturated carbocycles. The highest BCUT2D eigenvalue weighted by Crippen LogP contribution is 2.28. The second-order valence-corrected chi connectivity index (χ2v) is 7.51. The molecule has 0 aliphatic rings. The van der Waals surface area contributed by atoms with E-state index in [1.165, 1.54) is 24.4 Å². The molecule has 146 valence electrons. The third kappa shape index (κ3) is 4.72. The molecule has 28 heavy (non-hydrogen) atoms. The number of hydrogen-bond donors (Lipinski definition) is 0. The Kier molecular flexibility index (Phi) is 6.71. The molecule has 0 N–H and O–H groups in total. The van der Waals surface area contributed by atoms with Gasteiger partial charge >= 0.3 is 5.97 Å². The molecular weight excluding hydrogens is 374 g/mol. The lowest BCUT2D eigenvalue weighted by Crippen LogP contribution is -2.16. The smallest absolute Gasteiger partial charge is 0.318 e. The Hall–Kier alpha value is -2.80. The molecule has 7 heteroatoms. The Morgan fingerprint density at radius 3 is 2.43 bits per heavy atom. The number of aromatic nitrogens is 3. The number of nitrogens with zero attached hydrogens (tertiary/aromatic N) is 3. The molecule has 1 heterocycles. The molecule has 6 nitrogen and oxygen atoms in total. The molecule has 0 saturated heterocycles. The maximum atomic E-state index is 11.8. The lowest BCUT2D eigenvalue weighted by molar-refractivity contribution is -0.139. The number of ether oxygens (including phenoxy) is 2. The molecule has 3 rings (SSSR count). The summed E-state index contributed by atoms with van der Waals surface area (Å²) in [5, 5.41) is 9.06. The van der Waals surface area contributed by atoms with Crippen LogP contribution < -0.4 is 4.74 Å². The van der Waals surface area contributed by atoms with Gasteiger partial charge in [-0.3, -0.25) is 4.79 Å². The minimum absolute atomic E-state index is 0.284. The molecule has 3 aromatic rings. The lowest BCUT2D eigenvalue weighted by Gasteiger charge is -2.13. The van der Waals surface area contributed by atoms with E-state index >= 15 is 0 Å². The highest BCUT2D eigenvalue weighted by atomic mass is 32.2. The zero-order valence-corrected chi connectivity index (χ0v) is 17.0. The van der Waals surface area contributed by atoms with E-state index in [9.17, 15) is 4.79 Å². The van der Waals surface area contributed by atoms with Gasteiger partial charge in [0.25, 0.3) is 0 Å². The molecule has 1 aromatic heterocycles. The first-order valence-corrected chi connectivity index (χ1v) is 9.86. The van der Waals surface area contributed by atoms with Crippen LogP contribution in [0, 0.1) is 0 Å². The summed E-state index contributed by atoms with van der Waals surface area (Å²) in [4.78, 5) is 11.8. The predicted molar refractivity (Wildman–Crippen MR) is 109 cm³/mol. The molecule has 0 bridgehead atoms. The molecule has 0 unspecified atom stereocenters. The predicted octanol–water partition coefficient (Wildman–Crippen LogP) is 3.85. The van der Waals surface area contributed by atoms with Crippen molar-refractivity contribution in [2.45, 2.75) is 30.3 Å². The molecule has 0 aliphatic heterocycles. The van der Waals surface area contributed by atoms with Crippen molar-refractivity contribution in [2.24, 2.45) is 0 Å². The molecule has 0 amide bonds. The number of hydrogen-bond acceptors (Lipinski definition) is 6. The van der Waals surface area contributed by atoms with Crippen molar-refractivity contribution < 1.29 is 14.3 Å². The normalized spacial score (nSPS) is 11.8. The van der Waals surface area contributed by atoms with Crippen molar-refractivity contribution in [3.63, 3.8) is 0 Å². The Morgan fingerprint density at radius 1 is 1.07 bits per heavy atom. The number of methoxy groups -OCH3 is 2. The van der Waals surface area contributed by atoms with Gasteiger partial charge in [-0.15, -0.1) is 10.2 Å². The molecule has 0 radical (unpaired) electrons. The van der Waals surface area contributed by atoms with Crippen LogP contribution in [-0.4, -0.2) is 40.2 Å². The molecule has 1 atom stereocenters. The highest BCUT2D eigenvalue weighted by Gasteiger charge is 2.21. The summed E-state index contributed by atoms with van der Waals surface area (Å²) in [6, 6.07) is 18.0. The topological polar surface area (TPSA) is 66.2 Å². The Morgan fingerprint density at radius 2 is 1.79 bits per heavy atom. The summed E-state index contributed by atoms with van der Waals surface area (Å²) in [7, 11) is 3.03. The zero-order valence-electron chi connectivity index (χ0n) is 16.2. The van der Waals surface area contributed by atoms with Gasteiger partial charge in [-0.1, -0.05) is 42.1 Å². The number of carbonyl (C=O) groups excluding carboxylic acids is 1. The first kappa shape index (κ1) is 19.9. The third-order valence-corrected chi connectivity index (χ3v) is 5.41. The maximum absolute atomic E-state index is 11.8. The number of aryl methyl sites for hydroxylation is 1. The van der Waals surface area contributed by atoms with Gasteiger partial charge < -0.3 is 14.0 Å². The van der Waals surface area contributed by atoms with Gasteiger partial charge in [0, 0.05) is 12.1 Å². The van der Waals surface area contributed by atoms with Crippen LogP contribution in [0.15, 0.2) is 59.8 Å². The van der Waals surface area contributed by atoms with Crippen LogP contribution in [0.5, 0.6) is 5.75 Å². The summed E-state index contributed by atoms with van der Waals surface area (Å²) in [5.74, 6) is 1.26. The molecule has 0 spiro atoms. The van der Waals surface area contributed by atoms with Gasteiger partial charge in [-0.05, 0) is 43.2 Å². The van der Waals surface area contributed by atoms with Crippen LogP contribution in [0.4, 0.5) is 0 Å². The SMILES string of the molecule is COC(=O)[C@H](C)Sc1nnc(-c2ccc(OC)cc2)n1CCc1ccccc1. The third-order valence-electron chi connectivity index (χ3n) is 4.35. The highest BCUT2D eigenvalue weighted by molar-refractivity contribution is 8.00. The first-order chi connectivity index (χ1) is 13.6. The number of rotatable bonds is 8. The average molecular weight is 398 g/mol. The largest absolute Gasteiger partial charge is 0.497 e. The standard InChI is InChI=1S/C21H23N3O3S/c1-15(20(25)27-3)28-21-23-22-19(17-9-11-18(26-2)12-10-17)24(21)14-13-16-7-5-4-6-8-16/h4-12,15H,13-14H2,1-3H3/t15-/m0/s1. The van der Waals surface area contributed by atoms with Gasteiger partial charge in [0.15, 0.2) is 11.0 Å². The fourth-order valence-corrected chi connectivity index (χ4v) is 3.69. The fraction of sp³-hybridized carbons (Fsp3) is 0.286. The average Bonchev–Trinajstić information content (AvgIpc) is 3.14. The van der Waals surface area contributed by atoms with Crippen LogP contribution in [0.3, 0.4) is 0 Å². The van der Waals surface area contributed by atoms with Gasteiger partial charge in [0.2, 0.25) is 0 Å².